The van der Waals surface area contributed by atoms with E-state index < -0.39 is 17.1 Å². The Morgan fingerprint density at radius 3 is 2.45 bits per heavy atom. The van der Waals surface area contributed by atoms with Gasteiger partial charge in [0.25, 0.3) is 11.1 Å². The summed E-state index contributed by atoms with van der Waals surface area (Å²) in [6.45, 7) is 7.52. The Hall–Kier alpha value is -3.26. The largest absolute Gasteiger partial charge is 0.493 e. The Morgan fingerprint density at radius 1 is 1.12 bits per heavy atom. The first-order valence-corrected chi connectivity index (χ1v) is 11.5. The van der Waals surface area contributed by atoms with Gasteiger partial charge in [-0.2, -0.15) is 0 Å². The van der Waals surface area contributed by atoms with E-state index in [1.54, 1.807) is 31.4 Å². The first kappa shape index (κ1) is 24.4. The third kappa shape index (κ3) is 6.16. The van der Waals surface area contributed by atoms with Gasteiger partial charge < -0.3 is 14.8 Å². The number of nitrogens with zero attached hydrogens (tertiary/aromatic N) is 1. The predicted octanol–water partition coefficient (Wildman–Crippen LogP) is 5.16. The number of amides is 3. The van der Waals surface area contributed by atoms with Crippen LogP contribution < -0.4 is 14.8 Å². The van der Waals surface area contributed by atoms with Crippen LogP contribution in [0.1, 0.15) is 37.0 Å². The van der Waals surface area contributed by atoms with Gasteiger partial charge in [0.1, 0.15) is 6.54 Å². The van der Waals surface area contributed by atoms with Crippen LogP contribution in [0, 0.1) is 13.8 Å². The van der Waals surface area contributed by atoms with E-state index in [9.17, 15) is 14.4 Å². The Balaban J connectivity index is 1.72. The molecule has 7 nitrogen and oxygen atoms in total. The molecule has 0 saturated carbocycles. The van der Waals surface area contributed by atoms with Gasteiger partial charge in [0, 0.05) is 5.69 Å². The lowest BCUT2D eigenvalue weighted by Crippen LogP contribution is -2.36. The van der Waals surface area contributed by atoms with Crippen molar-refractivity contribution < 1.29 is 23.9 Å². The summed E-state index contributed by atoms with van der Waals surface area (Å²) < 4.78 is 11.3. The number of ether oxygens (including phenoxy) is 2. The molecule has 1 N–H and O–H groups in total. The molecule has 1 heterocycles. The quantitative estimate of drug-likeness (QED) is 0.539. The van der Waals surface area contributed by atoms with Crippen LogP contribution in [0.4, 0.5) is 10.5 Å². The second-order valence-electron chi connectivity index (χ2n) is 7.94. The second kappa shape index (κ2) is 10.6. The minimum atomic E-state index is -0.500. The van der Waals surface area contributed by atoms with Gasteiger partial charge in [-0.05, 0) is 86.0 Å². The van der Waals surface area contributed by atoms with Crippen molar-refractivity contribution in [3.8, 4) is 11.5 Å². The van der Waals surface area contributed by atoms with Crippen LogP contribution in [-0.4, -0.2) is 41.7 Å². The highest BCUT2D eigenvalue weighted by atomic mass is 32.2. The van der Waals surface area contributed by atoms with Gasteiger partial charge in [0.15, 0.2) is 11.5 Å². The fourth-order valence-electron chi connectivity index (χ4n) is 3.35. The van der Waals surface area contributed by atoms with Crippen LogP contribution in [0.2, 0.25) is 0 Å². The van der Waals surface area contributed by atoms with Gasteiger partial charge in [0.05, 0.1) is 18.1 Å². The molecule has 1 atom stereocenters. The van der Waals surface area contributed by atoms with Crippen molar-refractivity contribution in [2.24, 2.45) is 0 Å². The van der Waals surface area contributed by atoms with Crippen molar-refractivity contribution in [3.05, 3.63) is 58.0 Å². The number of aryl methyl sites for hydroxylation is 2. The molecule has 33 heavy (non-hydrogen) atoms. The molecule has 1 aliphatic heterocycles. The summed E-state index contributed by atoms with van der Waals surface area (Å²) in [5, 5.41) is 2.27. The maximum absolute atomic E-state index is 12.8. The smallest absolute Gasteiger partial charge is 0.294 e. The number of benzene rings is 2. The first-order chi connectivity index (χ1) is 15.7. The third-order valence-corrected chi connectivity index (χ3v) is 5.98. The van der Waals surface area contributed by atoms with Gasteiger partial charge in [-0.25, -0.2) is 0 Å². The molecule has 3 rings (SSSR count). The molecule has 174 valence electrons. The zero-order valence-electron chi connectivity index (χ0n) is 19.4. The van der Waals surface area contributed by atoms with E-state index in [0.717, 1.165) is 34.2 Å². The number of carbonyl (C=O) groups excluding carboxylic acids is 3. The molecular formula is C25H28N2O5S. The van der Waals surface area contributed by atoms with Crippen LogP contribution in [0.25, 0.3) is 6.08 Å². The number of methoxy groups -OCH3 is 1. The highest BCUT2D eigenvalue weighted by Crippen LogP contribution is 2.35. The molecule has 0 radical (unpaired) electrons. The second-order valence-corrected chi connectivity index (χ2v) is 8.93. The Labute approximate surface area is 198 Å². The number of nitrogens with one attached hydrogen (secondary N) is 1. The van der Waals surface area contributed by atoms with E-state index in [2.05, 4.69) is 5.32 Å². The maximum atomic E-state index is 12.8. The summed E-state index contributed by atoms with van der Waals surface area (Å²) in [7, 11) is 1.55. The van der Waals surface area contributed by atoms with E-state index in [0.29, 0.717) is 22.7 Å². The van der Waals surface area contributed by atoms with Gasteiger partial charge in [0.2, 0.25) is 5.91 Å². The summed E-state index contributed by atoms with van der Waals surface area (Å²) in [6.07, 6.45) is 2.51. The van der Waals surface area contributed by atoms with Crippen LogP contribution in [0.3, 0.4) is 0 Å². The molecular weight excluding hydrogens is 440 g/mol. The van der Waals surface area contributed by atoms with E-state index in [1.807, 2.05) is 45.9 Å². The number of hydrogen-bond donors (Lipinski definition) is 1. The fourth-order valence-corrected chi connectivity index (χ4v) is 4.19. The molecule has 0 aromatic heterocycles. The van der Waals surface area contributed by atoms with Crippen LogP contribution in [0.15, 0.2) is 41.3 Å². The van der Waals surface area contributed by atoms with Gasteiger partial charge in [-0.3, -0.25) is 19.3 Å². The van der Waals surface area contributed by atoms with E-state index in [4.69, 9.17) is 9.47 Å². The molecule has 0 bridgehead atoms. The minimum Gasteiger partial charge on any atom is -0.493 e. The zero-order chi connectivity index (χ0) is 24.1. The Kier molecular flexibility index (Phi) is 7.81. The number of hydrogen-bond acceptors (Lipinski definition) is 6. The molecule has 0 unspecified atom stereocenters. The van der Waals surface area contributed by atoms with Crippen LogP contribution in [0.5, 0.6) is 11.5 Å². The van der Waals surface area contributed by atoms with Crippen molar-refractivity contribution in [3.63, 3.8) is 0 Å². The molecule has 8 heteroatoms. The van der Waals surface area contributed by atoms with Gasteiger partial charge >= 0.3 is 0 Å². The van der Waals surface area contributed by atoms with E-state index in [-0.39, 0.29) is 17.6 Å². The van der Waals surface area contributed by atoms with E-state index in [1.165, 1.54) is 0 Å². The number of carbonyl (C=O) groups is 3. The highest BCUT2D eigenvalue weighted by Gasteiger charge is 2.36. The van der Waals surface area contributed by atoms with Crippen molar-refractivity contribution in [2.45, 2.75) is 40.2 Å². The molecule has 2 aromatic rings. The molecule has 3 amide bonds. The standard InChI is InChI=1S/C25H28N2O5S/c1-6-17(4)32-20-8-7-18(12-21(20)31-5)13-22-24(29)27(25(30)33-22)14-23(28)26-19-10-15(2)9-16(3)11-19/h7-13,17H,6,14H2,1-5H3,(H,26,28)/b22-13-/t17-/m0/s1. The lowest BCUT2D eigenvalue weighted by molar-refractivity contribution is -0.127. The number of thioether (sulfide) groups is 1. The topological polar surface area (TPSA) is 84.9 Å². The van der Waals surface area contributed by atoms with Crippen molar-refractivity contribution >= 4 is 40.6 Å². The van der Waals surface area contributed by atoms with Crippen molar-refractivity contribution in [2.75, 3.05) is 19.0 Å². The molecule has 1 fully saturated rings. The average molecular weight is 469 g/mol. The SMILES string of the molecule is CC[C@H](C)Oc1ccc(/C=C2\SC(=O)N(CC(=O)Nc3cc(C)cc(C)c3)C2=O)cc1OC. The number of anilines is 1. The molecule has 1 aliphatic rings. The summed E-state index contributed by atoms with van der Waals surface area (Å²) in [4.78, 5) is 38.9. The summed E-state index contributed by atoms with van der Waals surface area (Å²) in [5.74, 6) is 0.215. The Morgan fingerprint density at radius 2 is 1.82 bits per heavy atom. The van der Waals surface area contributed by atoms with Crippen LogP contribution >= 0.6 is 11.8 Å². The Bertz CT molecular complexity index is 1090. The van der Waals surface area contributed by atoms with Gasteiger partial charge in [-0.15, -0.1) is 0 Å². The lowest BCUT2D eigenvalue weighted by Gasteiger charge is -2.15. The number of rotatable bonds is 8. The van der Waals surface area contributed by atoms with Crippen molar-refractivity contribution in [1.82, 2.24) is 4.90 Å². The molecule has 0 spiro atoms. The molecule has 2 aromatic carbocycles. The maximum Gasteiger partial charge on any atom is 0.294 e. The predicted molar refractivity (Wildman–Crippen MR) is 131 cm³/mol. The number of imide groups is 1. The van der Waals surface area contributed by atoms with Crippen molar-refractivity contribution in [1.29, 1.82) is 0 Å². The van der Waals surface area contributed by atoms with E-state index >= 15 is 0 Å². The minimum absolute atomic E-state index is 0.0381. The monoisotopic (exact) mass is 468 g/mol. The molecule has 1 saturated heterocycles. The zero-order valence-corrected chi connectivity index (χ0v) is 20.2. The average Bonchev–Trinajstić information content (AvgIpc) is 3.01. The molecule has 0 aliphatic carbocycles. The normalized spacial score (nSPS) is 15.7. The lowest BCUT2D eigenvalue weighted by atomic mass is 10.1. The highest BCUT2D eigenvalue weighted by molar-refractivity contribution is 8.18. The van der Waals surface area contributed by atoms with Crippen LogP contribution in [-0.2, 0) is 9.59 Å². The fraction of sp³-hybridized carbons (Fsp3) is 0.320. The first-order valence-electron chi connectivity index (χ1n) is 10.7. The van der Waals surface area contributed by atoms with Gasteiger partial charge in [-0.1, -0.05) is 19.1 Å². The summed E-state index contributed by atoms with van der Waals surface area (Å²) in [6, 6.07) is 11.0. The summed E-state index contributed by atoms with van der Waals surface area (Å²) >= 11 is 0.808. The third-order valence-electron chi connectivity index (χ3n) is 5.07. The summed E-state index contributed by atoms with van der Waals surface area (Å²) in [5.41, 5.74) is 3.34.